The van der Waals surface area contributed by atoms with Crippen LogP contribution in [-0.2, 0) is 0 Å². The minimum Gasteiger partial charge on any atom is -0.317 e. The van der Waals surface area contributed by atoms with Crippen LogP contribution in [0.25, 0.3) is 0 Å². The van der Waals surface area contributed by atoms with Gasteiger partial charge in [0, 0.05) is 18.6 Å². The number of rotatable bonds is 7. The van der Waals surface area contributed by atoms with Crippen LogP contribution in [0.3, 0.4) is 0 Å². The molecule has 1 atom stereocenters. The van der Waals surface area contributed by atoms with Gasteiger partial charge in [0.2, 0.25) is 0 Å². The first-order chi connectivity index (χ1) is 6.88. The zero-order valence-corrected chi connectivity index (χ0v) is 11.7. The van der Waals surface area contributed by atoms with Crippen molar-refractivity contribution >= 4 is 0 Å². The molecule has 0 spiro atoms. The molecule has 0 radical (unpaired) electrons. The van der Waals surface area contributed by atoms with Gasteiger partial charge in [-0.25, -0.2) is 0 Å². The number of hydrogen-bond acceptors (Lipinski definition) is 2. The lowest BCUT2D eigenvalue weighted by molar-refractivity contribution is 0.127. The summed E-state index contributed by atoms with van der Waals surface area (Å²) in [5.41, 5.74) is 0.325. The summed E-state index contributed by atoms with van der Waals surface area (Å²) in [6.45, 7) is 12.7. The fourth-order valence-electron chi connectivity index (χ4n) is 2.21. The quantitative estimate of drug-likeness (QED) is 0.701. The van der Waals surface area contributed by atoms with E-state index in [1.54, 1.807) is 0 Å². The first kappa shape index (κ1) is 14.9. The fraction of sp³-hybridized carbons (Fsp3) is 1.00. The summed E-state index contributed by atoms with van der Waals surface area (Å²) in [6.07, 6.45) is 2.49. The molecule has 92 valence electrons. The van der Waals surface area contributed by atoms with Gasteiger partial charge in [-0.2, -0.15) is 0 Å². The van der Waals surface area contributed by atoms with Crippen LogP contribution in [0.5, 0.6) is 0 Å². The minimum atomic E-state index is 0.325. The second-order valence-electron chi connectivity index (χ2n) is 5.38. The average Bonchev–Trinajstić information content (AvgIpc) is 2.17. The molecular weight excluding hydrogens is 184 g/mol. The van der Waals surface area contributed by atoms with Crippen molar-refractivity contribution in [2.45, 2.75) is 59.5 Å². The molecule has 1 unspecified atom stereocenters. The van der Waals surface area contributed by atoms with E-state index in [4.69, 9.17) is 0 Å². The molecule has 0 bridgehead atoms. The highest BCUT2D eigenvalue weighted by Gasteiger charge is 2.27. The van der Waals surface area contributed by atoms with Gasteiger partial charge in [0.05, 0.1) is 0 Å². The van der Waals surface area contributed by atoms with Crippen LogP contribution in [0.15, 0.2) is 0 Å². The van der Waals surface area contributed by atoms with Gasteiger partial charge in [0.1, 0.15) is 0 Å². The van der Waals surface area contributed by atoms with Gasteiger partial charge in [-0.3, -0.25) is 0 Å². The zero-order valence-electron chi connectivity index (χ0n) is 11.7. The van der Waals surface area contributed by atoms with Crippen LogP contribution in [0.1, 0.15) is 47.5 Å². The Morgan fingerprint density at radius 2 is 1.67 bits per heavy atom. The molecule has 0 aromatic carbocycles. The highest BCUT2D eigenvalue weighted by molar-refractivity contribution is 4.83. The lowest BCUT2D eigenvalue weighted by atomic mass is 9.84. The summed E-state index contributed by atoms with van der Waals surface area (Å²) in [5, 5.41) is 3.36. The van der Waals surface area contributed by atoms with Gasteiger partial charge in [-0.15, -0.1) is 0 Å². The van der Waals surface area contributed by atoms with E-state index in [0.717, 1.165) is 12.6 Å². The SMILES string of the molecule is CCC(CC)N(C)CC(C)(C)C(C)NC. The maximum atomic E-state index is 3.36. The van der Waals surface area contributed by atoms with Crippen LogP contribution in [0.4, 0.5) is 0 Å². The zero-order chi connectivity index (χ0) is 12.1. The predicted molar refractivity (Wildman–Crippen MR) is 69.3 cm³/mol. The van der Waals surface area contributed by atoms with Crippen LogP contribution in [0.2, 0.25) is 0 Å². The van der Waals surface area contributed by atoms with E-state index in [-0.39, 0.29) is 0 Å². The van der Waals surface area contributed by atoms with Crippen molar-refractivity contribution in [1.29, 1.82) is 0 Å². The normalized spacial score (nSPS) is 15.0. The van der Waals surface area contributed by atoms with Crippen molar-refractivity contribution in [2.24, 2.45) is 5.41 Å². The molecule has 0 saturated heterocycles. The van der Waals surface area contributed by atoms with E-state index in [1.165, 1.54) is 12.8 Å². The van der Waals surface area contributed by atoms with E-state index >= 15 is 0 Å². The molecule has 0 amide bonds. The summed E-state index contributed by atoms with van der Waals surface area (Å²) in [5.74, 6) is 0. The molecule has 0 aliphatic heterocycles. The van der Waals surface area contributed by atoms with Crippen LogP contribution < -0.4 is 5.32 Å². The van der Waals surface area contributed by atoms with Crippen molar-refractivity contribution < 1.29 is 0 Å². The van der Waals surface area contributed by atoms with Gasteiger partial charge in [0.15, 0.2) is 0 Å². The Hall–Kier alpha value is -0.0800. The Balaban J connectivity index is 4.31. The molecule has 0 aromatic heterocycles. The number of nitrogens with one attached hydrogen (secondary N) is 1. The third-order valence-corrected chi connectivity index (χ3v) is 3.83. The van der Waals surface area contributed by atoms with E-state index in [9.17, 15) is 0 Å². The molecule has 0 heterocycles. The summed E-state index contributed by atoms with van der Waals surface area (Å²) < 4.78 is 0. The molecule has 0 rings (SSSR count). The third-order valence-electron chi connectivity index (χ3n) is 3.83. The third kappa shape index (κ3) is 4.52. The van der Waals surface area contributed by atoms with E-state index in [1.807, 2.05) is 7.05 Å². The lowest BCUT2D eigenvalue weighted by Crippen LogP contribution is -2.47. The molecule has 0 fully saturated rings. The van der Waals surface area contributed by atoms with Gasteiger partial charge < -0.3 is 10.2 Å². The van der Waals surface area contributed by atoms with Crippen molar-refractivity contribution in [1.82, 2.24) is 10.2 Å². The van der Waals surface area contributed by atoms with Crippen LogP contribution in [0, 0.1) is 5.41 Å². The molecule has 15 heavy (non-hydrogen) atoms. The molecule has 0 saturated carbocycles. The largest absolute Gasteiger partial charge is 0.317 e. The first-order valence-corrected chi connectivity index (χ1v) is 6.26. The van der Waals surface area contributed by atoms with Crippen LogP contribution >= 0.6 is 0 Å². The second-order valence-corrected chi connectivity index (χ2v) is 5.38. The summed E-state index contributed by atoms with van der Waals surface area (Å²) in [7, 11) is 4.30. The summed E-state index contributed by atoms with van der Waals surface area (Å²) in [6, 6.07) is 1.28. The van der Waals surface area contributed by atoms with Gasteiger partial charge in [-0.1, -0.05) is 27.7 Å². The van der Waals surface area contributed by atoms with Crippen molar-refractivity contribution in [3.8, 4) is 0 Å². The number of nitrogens with zero attached hydrogens (tertiary/aromatic N) is 1. The molecule has 2 heteroatoms. The second kappa shape index (κ2) is 6.49. The van der Waals surface area contributed by atoms with Crippen LogP contribution in [-0.4, -0.2) is 37.6 Å². The molecule has 0 aromatic rings. The average molecular weight is 214 g/mol. The highest BCUT2D eigenvalue weighted by atomic mass is 15.1. The van der Waals surface area contributed by atoms with Crippen molar-refractivity contribution in [3.05, 3.63) is 0 Å². The molecule has 0 aliphatic rings. The van der Waals surface area contributed by atoms with E-state index < -0.39 is 0 Å². The van der Waals surface area contributed by atoms with Gasteiger partial charge in [-0.05, 0) is 39.3 Å². The Morgan fingerprint density at radius 1 is 1.20 bits per heavy atom. The minimum absolute atomic E-state index is 0.325. The molecular formula is C13H30N2. The smallest absolute Gasteiger partial charge is 0.00991 e. The monoisotopic (exact) mass is 214 g/mol. The highest BCUT2D eigenvalue weighted by Crippen LogP contribution is 2.23. The van der Waals surface area contributed by atoms with E-state index in [0.29, 0.717) is 11.5 Å². The standard InChI is InChI=1S/C13H30N2/c1-8-12(9-2)15(7)10-13(4,5)11(3)14-6/h11-12,14H,8-10H2,1-7H3. The Kier molecular flexibility index (Phi) is 6.46. The fourth-order valence-corrected chi connectivity index (χ4v) is 2.21. The maximum Gasteiger partial charge on any atom is 0.00991 e. The van der Waals surface area contributed by atoms with E-state index in [2.05, 4.69) is 51.9 Å². The van der Waals surface area contributed by atoms with Crippen molar-refractivity contribution in [3.63, 3.8) is 0 Å². The Bertz CT molecular complexity index is 162. The Morgan fingerprint density at radius 3 is 2.00 bits per heavy atom. The molecule has 0 aliphatic carbocycles. The number of hydrogen-bond donors (Lipinski definition) is 1. The lowest BCUT2D eigenvalue weighted by Gasteiger charge is -2.38. The van der Waals surface area contributed by atoms with Crippen molar-refractivity contribution in [2.75, 3.05) is 20.6 Å². The van der Waals surface area contributed by atoms with Gasteiger partial charge >= 0.3 is 0 Å². The summed E-state index contributed by atoms with van der Waals surface area (Å²) in [4.78, 5) is 2.51. The molecule has 1 N–H and O–H groups in total. The maximum absolute atomic E-state index is 3.36. The first-order valence-electron chi connectivity index (χ1n) is 6.26. The Labute approximate surface area is 96.4 Å². The topological polar surface area (TPSA) is 15.3 Å². The predicted octanol–water partition coefficient (Wildman–Crippen LogP) is 2.74. The van der Waals surface area contributed by atoms with Gasteiger partial charge in [0.25, 0.3) is 0 Å². The summed E-state index contributed by atoms with van der Waals surface area (Å²) >= 11 is 0. The molecule has 2 nitrogen and oxygen atoms in total.